The number of nitrogens with zero attached hydrogens (tertiary/aromatic N) is 1. The number of ether oxygens (including phenoxy) is 1. The number of nitrogens with one attached hydrogen (secondary N) is 1. The zero-order valence-electron chi connectivity index (χ0n) is 13.0. The predicted octanol–water partition coefficient (Wildman–Crippen LogP) is 2.09. The van der Waals surface area contributed by atoms with Crippen LogP contribution in [0.1, 0.15) is 24.8 Å². The molecule has 2 heterocycles. The molecule has 1 atom stereocenters. The maximum Gasteiger partial charge on any atom is 0.227 e. The van der Waals surface area contributed by atoms with Crippen LogP contribution in [0.4, 0.5) is 4.39 Å². The van der Waals surface area contributed by atoms with E-state index >= 15 is 4.39 Å². The molecule has 0 spiro atoms. The first kappa shape index (κ1) is 15.3. The van der Waals surface area contributed by atoms with Crippen LogP contribution in [0.3, 0.4) is 0 Å². The molecular weight excluding hydrogens is 283 g/mol. The molecule has 22 heavy (non-hydrogen) atoms. The minimum atomic E-state index is -1.36. The third kappa shape index (κ3) is 2.95. The molecule has 1 aromatic carbocycles. The standard InChI is InChI=1S/C17H23FN2O2/c1-22-15-4-2-3-14(11-15)17(18)6-9-20(10-7-17)16(21)13-5-8-19-12-13/h2-4,11,13,19H,5-10,12H2,1H3/t13-/m1/s1. The Kier molecular flexibility index (Phi) is 4.34. The molecule has 0 bridgehead atoms. The highest BCUT2D eigenvalue weighted by Crippen LogP contribution is 2.38. The molecule has 2 saturated heterocycles. The summed E-state index contributed by atoms with van der Waals surface area (Å²) in [5.74, 6) is 0.923. The summed E-state index contributed by atoms with van der Waals surface area (Å²) < 4.78 is 20.4. The normalized spacial score (nSPS) is 24.3. The van der Waals surface area contributed by atoms with E-state index < -0.39 is 5.67 Å². The van der Waals surface area contributed by atoms with Gasteiger partial charge in [-0.1, -0.05) is 12.1 Å². The van der Waals surface area contributed by atoms with Crippen LogP contribution in [-0.4, -0.2) is 44.1 Å². The molecule has 0 saturated carbocycles. The molecule has 0 unspecified atom stereocenters. The number of hydrogen-bond donors (Lipinski definition) is 1. The number of carbonyl (C=O) groups is 1. The van der Waals surface area contributed by atoms with Gasteiger partial charge in [0.2, 0.25) is 5.91 Å². The summed E-state index contributed by atoms with van der Waals surface area (Å²) in [6.45, 7) is 2.64. The van der Waals surface area contributed by atoms with E-state index in [4.69, 9.17) is 4.74 Å². The maximum atomic E-state index is 15.2. The molecule has 5 heteroatoms. The molecular formula is C17H23FN2O2. The van der Waals surface area contributed by atoms with Gasteiger partial charge in [-0.25, -0.2) is 4.39 Å². The fraction of sp³-hybridized carbons (Fsp3) is 0.588. The van der Waals surface area contributed by atoms with Crippen molar-refractivity contribution in [2.45, 2.75) is 24.9 Å². The first-order chi connectivity index (χ1) is 10.6. The second-order valence-corrected chi connectivity index (χ2v) is 6.21. The van der Waals surface area contributed by atoms with Crippen molar-refractivity contribution in [1.82, 2.24) is 10.2 Å². The van der Waals surface area contributed by atoms with Gasteiger partial charge in [0.05, 0.1) is 13.0 Å². The molecule has 2 aliphatic heterocycles. The Bertz CT molecular complexity index is 535. The van der Waals surface area contributed by atoms with Crippen LogP contribution in [0.5, 0.6) is 5.75 Å². The molecule has 1 N–H and O–H groups in total. The molecule has 0 aliphatic carbocycles. The van der Waals surface area contributed by atoms with Gasteiger partial charge in [0.1, 0.15) is 11.4 Å². The van der Waals surface area contributed by atoms with E-state index in [0.29, 0.717) is 37.2 Å². The molecule has 120 valence electrons. The number of piperidine rings is 1. The largest absolute Gasteiger partial charge is 0.497 e. The average Bonchev–Trinajstić information content (AvgIpc) is 3.09. The van der Waals surface area contributed by atoms with Gasteiger partial charge in [-0.05, 0) is 30.7 Å². The van der Waals surface area contributed by atoms with E-state index in [1.807, 2.05) is 17.0 Å². The van der Waals surface area contributed by atoms with Crippen LogP contribution in [0.15, 0.2) is 24.3 Å². The van der Waals surface area contributed by atoms with Gasteiger partial charge in [0, 0.05) is 32.5 Å². The van der Waals surface area contributed by atoms with Crippen molar-refractivity contribution in [1.29, 1.82) is 0 Å². The fourth-order valence-corrected chi connectivity index (χ4v) is 3.40. The van der Waals surface area contributed by atoms with E-state index in [1.54, 1.807) is 19.2 Å². The zero-order valence-corrected chi connectivity index (χ0v) is 13.0. The summed E-state index contributed by atoms with van der Waals surface area (Å²) >= 11 is 0. The minimum Gasteiger partial charge on any atom is -0.497 e. The number of amides is 1. The van der Waals surface area contributed by atoms with Crippen molar-refractivity contribution in [3.05, 3.63) is 29.8 Å². The fourth-order valence-electron chi connectivity index (χ4n) is 3.40. The van der Waals surface area contributed by atoms with E-state index in [2.05, 4.69) is 5.32 Å². The van der Waals surface area contributed by atoms with Gasteiger partial charge >= 0.3 is 0 Å². The van der Waals surface area contributed by atoms with Crippen LogP contribution >= 0.6 is 0 Å². The van der Waals surface area contributed by atoms with E-state index in [9.17, 15) is 4.79 Å². The molecule has 3 rings (SSSR count). The van der Waals surface area contributed by atoms with Crippen molar-refractivity contribution < 1.29 is 13.9 Å². The highest BCUT2D eigenvalue weighted by Gasteiger charge is 2.39. The van der Waals surface area contributed by atoms with E-state index in [0.717, 1.165) is 19.5 Å². The summed E-state index contributed by atoms with van der Waals surface area (Å²) in [7, 11) is 1.58. The second kappa shape index (κ2) is 6.24. The number of likely N-dealkylation sites (tertiary alicyclic amines) is 1. The van der Waals surface area contributed by atoms with Crippen molar-refractivity contribution in [2.24, 2.45) is 5.92 Å². The Morgan fingerprint density at radius 3 is 2.82 bits per heavy atom. The molecule has 0 aromatic heterocycles. The number of methoxy groups -OCH3 is 1. The second-order valence-electron chi connectivity index (χ2n) is 6.21. The van der Waals surface area contributed by atoms with Gasteiger partial charge in [-0.2, -0.15) is 0 Å². The van der Waals surface area contributed by atoms with Crippen molar-refractivity contribution in [3.63, 3.8) is 0 Å². The van der Waals surface area contributed by atoms with Crippen LogP contribution in [0.25, 0.3) is 0 Å². The van der Waals surface area contributed by atoms with Crippen LogP contribution in [-0.2, 0) is 10.5 Å². The molecule has 1 amide bonds. The summed E-state index contributed by atoms with van der Waals surface area (Å²) in [5.41, 5.74) is -0.708. The minimum absolute atomic E-state index is 0.0731. The third-order valence-corrected chi connectivity index (χ3v) is 4.86. The Morgan fingerprint density at radius 1 is 1.41 bits per heavy atom. The third-order valence-electron chi connectivity index (χ3n) is 4.86. The first-order valence-electron chi connectivity index (χ1n) is 7.95. The lowest BCUT2D eigenvalue weighted by Gasteiger charge is -2.37. The van der Waals surface area contributed by atoms with E-state index in [1.165, 1.54) is 0 Å². The Labute approximate surface area is 130 Å². The summed E-state index contributed by atoms with van der Waals surface area (Å²) in [6.07, 6.45) is 1.60. The van der Waals surface area contributed by atoms with Gasteiger partial charge in [0.15, 0.2) is 0 Å². The van der Waals surface area contributed by atoms with Gasteiger partial charge in [0.25, 0.3) is 0 Å². The maximum absolute atomic E-state index is 15.2. The lowest BCUT2D eigenvalue weighted by Crippen LogP contribution is -2.46. The topological polar surface area (TPSA) is 41.6 Å². The zero-order chi connectivity index (χ0) is 15.6. The van der Waals surface area contributed by atoms with Crippen LogP contribution in [0.2, 0.25) is 0 Å². The molecule has 2 fully saturated rings. The first-order valence-corrected chi connectivity index (χ1v) is 7.95. The summed E-state index contributed by atoms with van der Waals surface area (Å²) in [6, 6.07) is 7.20. The van der Waals surface area contributed by atoms with Crippen LogP contribution in [0, 0.1) is 5.92 Å². The molecule has 4 nitrogen and oxygen atoms in total. The molecule has 2 aliphatic rings. The highest BCUT2D eigenvalue weighted by molar-refractivity contribution is 5.79. The van der Waals surface area contributed by atoms with Crippen molar-refractivity contribution in [2.75, 3.05) is 33.3 Å². The van der Waals surface area contributed by atoms with Crippen molar-refractivity contribution in [3.8, 4) is 5.75 Å². The molecule has 0 radical (unpaired) electrons. The number of hydrogen-bond acceptors (Lipinski definition) is 3. The van der Waals surface area contributed by atoms with E-state index in [-0.39, 0.29) is 11.8 Å². The quantitative estimate of drug-likeness (QED) is 0.930. The van der Waals surface area contributed by atoms with Crippen LogP contribution < -0.4 is 10.1 Å². The number of carbonyl (C=O) groups excluding carboxylic acids is 1. The van der Waals surface area contributed by atoms with Gasteiger partial charge in [-0.15, -0.1) is 0 Å². The van der Waals surface area contributed by atoms with Gasteiger partial charge in [-0.3, -0.25) is 4.79 Å². The van der Waals surface area contributed by atoms with Crippen molar-refractivity contribution >= 4 is 5.91 Å². The monoisotopic (exact) mass is 306 g/mol. The number of halogens is 1. The summed E-state index contributed by atoms with van der Waals surface area (Å²) in [4.78, 5) is 14.2. The average molecular weight is 306 g/mol. The number of benzene rings is 1. The predicted molar refractivity (Wildman–Crippen MR) is 82.6 cm³/mol. The lowest BCUT2D eigenvalue weighted by atomic mass is 9.85. The lowest BCUT2D eigenvalue weighted by molar-refractivity contribution is -0.137. The SMILES string of the molecule is COc1cccc(C2(F)CCN(C(=O)[C@@H]3CCNC3)CC2)c1. The number of alkyl halides is 1. The highest BCUT2D eigenvalue weighted by atomic mass is 19.1. The molecule has 1 aromatic rings. The smallest absolute Gasteiger partial charge is 0.227 e. The Morgan fingerprint density at radius 2 is 2.18 bits per heavy atom. The Balaban J connectivity index is 1.65. The number of rotatable bonds is 3. The van der Waals surface area contributed by atoms with Gasteiger partial charge < -0.3 is 15.0 Å². The summed E-state index contributed by atoms with van der Waals surface area (Å²) in [5, 5.41) is 3.21. The Hall–Kier alpha value is -1.62.